The van der Waals surface area contributed by atoms with E-state index in [1.807, 2.05) is 0 Å². The average Bonchev–Trinajstić information content (AvgIpc) is 2.47. The Bertz CT molecular complexity index is 529. The molecule has 1 heterocycles. The van der Waals surface area contributed by atoms with Crippen molar-refractivity contribution in [2.24, 2.45) is 5.92 Å². The number of carbonyl (C=O) groups is 2. The molecule has 1 amide bonds. The zero-order chi connectivity index (χ0) is 15.4. The van der Waals surface area contributed by atoms with E-state index in [4.69, 9.17) is 4.74 Å². The number of carbonyl (C=O) groups excluding carboxylic acids is 2. The van der Waals surface area contributed by atoms with Crippen LogP contribution in [0.3, 0.4) is 0 Å². The van der Waals surface area contributed by atoms with E-state index >= 15 is 0 Å². The van der Waals surface area contributed by atoms with E-state index < -0.39 is 11.7 Å². The number of hydrogen-bond donors (Lipinski definition) is 0. The first-order valence-corrected chi connectivity index (χ1v) is 7.73. The minimum absolute atomic E-state index is 0.0157. The second-order valence-corrected chi connectivity index (χ2v) is 5.79. The maximum absolute atomic E-state index is 13.9. The van der Waals surface area contributed by atoms with E-state index in [1.54, 1.807) is 13.0 Å². The van der Waals surface area contributed by atoms with Crippen molar-refractivity contribution in [1.29, 1.82) is 0 Å². The van der Waals surface area contributed by atoms with Crippen LogP contribution in [0.2, 0.25) is 0 Å². The van der Waals surface area contributed by atoms with Crippen molar-refractivity contribution in [3.63, 3.8) is 0 Å². The maximum Gasteiger partial charge on any atom is 0.310 e. The minimum Gasteiger partial charge on any atom is -0.466 e. The molecule has 1 atom stereocenters. The molecule has 2 rings (SSSR count). The largest absolute Gasteiger partial charge is 0.466 e. The van der Waals surface area contributed by atoms with Crippen LogP contribution in [0.25, 0.3) is 0 Å². The van der Waals surface area contributed by atoms with E-state index in [9.17, 15) is 14.0 Å². The molecule has 1 aliphatic rings. The van der Waals surface area contributed by atoms with Crippen molar-refractivity contribution in [2.75, 3.05) is 19.7 Å². The Morgan fingerprint density at radius 2 is 2.24 bits per heavy atom. The molecule has 4 nitrogen and oxygen atoms in total. The number of hydrogen-bond acceptors (Lipinski definition) is 3. The SMILES string of the molecule is CCOC(=O)[C@@H]1CCCN(C(=O)c2c(F)cccc2Br)C1. The van der Waals surface area contributed by atoms with Gasteiger partial charge < -0.3 is 9.64 Å². The first-order chi connectivity index (χ1) is 10.0. The van der Waals surface area contributed by atoms with Gasteiger partial charge in [0.15, 0.2) is 0 Å². The van der Waals surface area contributed by atoms with Crippen LogP contribution in [0.15, 0.2) is 22.7 Å². The fraction of sp³-hybridized carbons (Fsp3) is 0.467. The van der Waals surface area contributed by atoms with Gasteiger partial charge in [0.05, 0.1) is 18.1 Å². The average molecular weight is 358 g/mol. The Morgan fingerprint density at radius 3 is 2.90 bits per heavy atom. The molecule has 0 aliphatic carbocycles. The van der Waals surface area contributed by atoms with Crippen LogP contribution in [0.4, 0.5) is 4.39 Å². The van der Waals surface area contributed by atoms with Crippen LogP contribution in [0.5, 0.6) is 0 Å². The van der Waals surface area contributed by atoms with Gasteiger partial charge in [-0.05, 0) is 47.8 Å². The summed E-state index contributed by atoms with van der Waals surface area (Å²) < 4.78 is 19.3. The predicted molar refractivity (Wildman–Crippen MR) is 79.4 cm³/mol. The fourth-order valence-electron chi connectivity index (χ4n) is 2.47. The Labute approximate surface area is 131 Å². The van der Waals surface area contributed by atoms with Crippen molar-refractivity contribution in [1.82, 2.24) is 4.90 Å². The number of benzene rings is 1. The van der Waals surface area contributed by atoms with Crippen LogP contribution in [-0.4, -0.2) is 36.5 Å². The molecule has 0 radical (unpaired) electrons. The summed E-state index contributed by atoms with van der Waals surface area (Å²) in [7, 11) is 0. The van der Waals surface area contributed by atoms with Crippen molar-refractivity contribution in [3.8, 4) is 0 Å². The molecule has 0 spiro atoms. The van der Waals surface area contributed by atoms with Gasteiger partial charge in [-0.3, -0.25) is 9.59 Å². The zero-order valence-corrected chi connectivity index (χ0v) is 13.4. The molecule has 21 heavy (non-hydrogen) atoms. The van der Waals surface area contributed by atoms with Gasteiger partial charge in [0.2, 0.25) is 0 Å². The van der Waals surface area contributed by atoms with Crippen LogP contribution in [0, 0.1) is 11.7 Å². The zero-order valence-electron chi connectivity index (χ0n) is 11.8. The van der Waals surface area contributed by atoms with Crippen LogP contribution in [-0.2, 0) is 9.53 Å². The number of halogens is 2. The van der Waals surface area contributed by atoms with Gasteiger partial charge in [0, 0.05) is 17.6 Å². The lowest BCUT2D eigenvalue weighted by molar-refractivity contribution is -0.149. The van der Waals surface area contributed by atoms with Gasteiger partial charge in [0.1, 0.15) is 5.82 Å². The van der Waals surface area contributed by atoms with Crippen molar-refractivity contribution >= 4 is 27.8 Å². The van der Waals surface area contributed by atoms with Gasteiger partial charge >= 0.3 is 5.97 Å². The third kappa shape index (κ3) is 3.61. The fourth-order valence-corrected chi connectivity index (χ4v) is 2.99. The topological polar surface area (TPSA) is 46.6 Å². The molecule has 1 aromatic carbocycles. The standard InChI is InChI=1S/C15H17BrFNO3/c1-2-21-15(20)10-5-4-8-18(9-10)14(19)13-11(16)6-3-7-12(13)17/h3,6-7,10H,2,4-5,8-9H2,1H3/t10-/m1/s1. The van der Waals surface area contributed by atoms with E-state index in [-0.39, 0.29) is 24.0 Å². The number of nitrogens with zero attached hydrogens (tertiary/aromatic N) is 1. The van der Waals surface area contributed by atoms with Crippen molar-refractivity contribution in [3.05, 3.63) is 34.1 Å². The molecule has 0 unspecified atom stereocenters. The van der Waals surface area contributed by atoms with Gasteiger partial charge in [-0.15, -0.1) is 0 Å². The molecule has 0 saturated carbocycles. The maximum atomic E-state index is 13.9. The molecule has 1 saturated heterocycles. The second kappa shape index (κ2) is 7.02. The monoisotopic (exact) mass is 357 g/mol. The van der Waals surface area contributed by atoms with Gasteiger partial charge in [-0.1, -0.05) is 6.07 Å². The molecule has 1 fully saturated rings. The quantitative estimate of drug-likeness (QED) is 0.781. The highest BCUT2D eigenvalue weighted by Gasteiger charge is 2.31. The lowest BCUT2D eigenvalue weighted by Crippen LogP contribution is -2.43. The number of likely N-dealkylation sites (tertiary alicyclic amines) is 1. The number of ether oxygens (including phenoxy) is 1. The highest BCUT2D eigenvalue weighted by atomic mass is 79.9. The highest BCUT2D eigenvalue weighted by Crippen LogP contribution is 2.25. The van der Waals surface area contributed by atoms with Crippen molar-refractivity contribution < 1.29 is 18.7 Å². The normalized spacial score (nSPS) is 18.4. The smallest absolute Gasteiger partial charge is 0.310 e. The third-order valence-corrected chi connectivity index (χ3v) is 4.17. The van der Waals surface area contributed by atoms with Crippen molar-refractivity contribution in [2.45, 2.75) is 19.8 Å². The molecule has 1 aliphatic heterocycles. The summed E-state index contributed by atoms with van der Waals surface area (Å²) in [6.45, 7) is 2.87. The van der Waals surface area contributed by atoms with E-state index in [0.29, 0.717) is 30.5 Å². The molecule has 114 valence electrons. The minimum atomic E-state index is -0.562. The summed E-state index contributed by atoms with van der Waals surface area (Å²) in [5.41, 5.74) is 0.0157. The third-order valence-electron chi connectivity index (χ3n) is 3.51. The highest BCUT2D eigenvalue weighted by molar-refractivity contribution is 9.10. The Morgan fingerprint density at radius 1 is 1.48 bits per heavy atom. The molecular formula is C15H17BrFNO3. The summed E-state index contributed by atoms with van der Waals surface area (Å²) in [6.07, 6.45) is 1.41. The van der Waals surface area contributed by atoms with Crippen LogP contribution >= 0.6 is 15.9 Å². The van der Waals surface area contributed by atoms with E-state index in [1.165, 1.54) is 17.0 Å². The van der Waals surface area contributed by atoms with Gasteiger partial charge in [-0.25, -0.2) is 4.39 Å². The van der Waals surface area contributed by atoms with Crippen LogP contribution in [0.1, 0.15) is 30.1 Å². The molecule has 1 aromatic rings. The summed E-state index contributed by atoms with van der Waals surface area (Å²) in [4.78, 5) is 25.8. The van der Waals surface area contributed by atoms with E-state index in [2.05, 4.69) is 15.9 Å². The second-order valence-electron chi connectivity index (χ2n) is 4.94. The van der Waals surface area contributed by atoms with Gasteiger partial charge in [0.25, 0.3) is 5.91 Å². The molecule has 6 heteroatoms. The summed E-state index contributed by atoms with van der Waals surface area (Å²) >= 11 is 3.20. The molecular weight excluding hydrogens is 341 g/mol. The summed E-state index contributed by atoms with van der Waals surface area (Å²) in [5, 5.41) is 0. The number of esters is 1. The summed E-state index contributed by atoms with van der Waals surface area (Å²) in [5.74, 6) is -1.57. The first kappa shape index (κ1) is 15.9. The van der Waals surface area contributed by atoms with Crippen LogP contribution < -0.4 is 0 Å². The summed E-state index contributed by atoms with van der Waals surface area (Å²) in [6, 6.07) is 4.42. The molecule has 0 aromatic heterocycles. The van der Waals surface area contributed by atoms with Gasteiger partial charge in [-0.2, -0.15) is 0 Å². The van der Waals surface area contributed by atoms with E-state index in [0.717, 1.165) is 0 Å². The number of piperidine rings is 1. The lowest BCUT2D eigenvalue weighted by atomic mass is 9.97. The Balaban J connectivity index is 2.14. The molecule has 0 bridgehead atoms. The molecule has 0 N–H and O–H groups in total. The lowest BCUT2D eigenvalue weighted by Gasteiger charge is -2.31. The Kier molecular flexibility index (Phi) is 5.33. The first-order valence-electron chi connectivity index (χ1n) is 6.94. The number of amides is 1. The Hall–Kier alpha value is -1.43. The predicted octanol–water partition coefficient (Wildman–Crippen LogP) is 3.00. The number of rotatable bonds is 3.